The van der Waals surface area contributed by atoms with Crippen molar-refractivity contribution >= 4 is 0 Å². The largest absolute Gasteiger partial charge is 0.327 e. The molecule has 2 aliphatic rings. The van der Waals surface area contributed by atoms with E-state index in [4.69, 9.17) is 5.73 Å². The molecule has 0 radical (unpaired) electrons. The predicted molar refractivity (Wildman–Crippen MR) is 74.1 cm³/mol. The first-order valence-electron chi connectivity index (χ1n) is 7.86. The lowest BCUT2D eigenvalue weighted by atomic mass is 9.94. The molecule has 17 heavy (non-hydrogen) atoms. The molecule has 0 aromatic heterocycles. The van der Waals surface area contributed by atoms with Gasteiger partial charge in [0.2, 0.25) is 0 Å². The van der Waals surface area contributed by atoms with E-state index in [-0.39, 0.29) is 0 Å². The molecular formula is C15H30N2. The van der Waals surface area contributed by atoms with Crippen LogP contribution in [0.25, 0.3) is 0 Å². The third-order valence-electron chi connectivity index (χ3n) is 4.58. The van der Waals surface area contributed by atoms with E-state index in [9.17, 15) is 0 Å². The second kappa shape index (κ2) is 7.38. The van der Waals surface area contributed by atoms with Gasteiger partial charge in [0, 0.05) is 18.6 Å². The zero-order valence-corrected chi connectivity index (χ0v) is 11.4. The predicted octanol–water partition coefficient (Wildman–Crippen LogP) is 3.30. The van der Waals surface area contributed by atoms with E-state index in [1.54, 1.807) is 0 Å². The summed E-state index contributed by atoms with van der Waals surface area (Å²) in [6, 6.07) is 1.28. The van der Waals surface area contributed by atoms with Crippen LogP contribution in [0, 0.1) is 0 Å². The van der Waals surface area contributed by atoms with Gasteiger partial charge in [0.25, 0.3) is 0 Å². The summed E-state index contributed by atoms with van der Waals surface area (Å²) in [5, 5.41) is 0. The molecule has 0 aromatic rings. The van der Waals surface area contributed by atoms with Gasteiger partial charge in [-0.3, -0.25) is 4.90 Å². The van der Waals surface area contributed by atoms with Crippen LogP contribution in [0.5, 0.6) is 0 Å². The molecule has 0 spiro atoms. The van der Waals surface area contributed by atoms with Crippen molar-refractivity contribution in [2.75, 3.05) is 13.1 Å². The first kappa shape index (κ1) is 13.4. The summed E-state index contributed by atoms with van der Waals surface area (Å²) in [4.78, 5) is 2.73. The molecule has 0 aromatic carbocycles. The third-order valence-corrected chi connectivity index (χ3v) is 4.58. The maximum Gasteiger partial charge on any atom is 0.0167 e. The molecule has 2 fully saturated rings. The summed E-state index contributed by atoms with van der Waals surface area (Å²) in [5.74, 6) is 0. The Balaban J connectivity index is 1.87. The summed E-state index contributed by atoms with van der Waals surface area (Å²) in [6.07, 6.45) is 15.5. The first-order valence-corrected chi connectivity index (χ1v) is 7.86. The highest BCUT2D eigenvalue weighted by molar-refractivity contribution is 4.79. The van der Waals surface area contributed by atoms with Crippen LogP contribution in [0.15, 0.2) is 0 Å². The quantitative estimate of drug-likeness (QED) is 0.759. The highest BCUT2D eigenvalue weighted by atomic mass is 15.2. The Bertz CT molecular complexity index is 197. The molecule has 2 heteroatoms. The second-order valence-corrected chi connectivity index (χ2v) is 6.10. The van der Waals surface area contributed by atoms with Gasteiger partial charge in [-0.15, -0.1) is 0 Å². The Morgan fingerprint density at radius 3 is 2.06 bits per heavy atom. The van der Waals surface area contributed by atoms with Crippen molar-refractivity contribution in [3.63, 3.8) is 0 Å². The standard InChI is InChI=1S/C15H30N2/c16-14-9-5-4-8-12-17(13-14)15-10-6-2-1-3-7-11-15/h14-15H,1-13,16H2. The molecule has 1 unspecified atom stereocenters. The molecule has 1 aliphatic carbocycles. The number of hydrogen-bond acceptors (Lipinski definition) is 2. The first-order chi connectivity index (χ1) is 8.36. The third kappa shape index (κ3) is 4.59. The van der Waals surface area contributed by atoms with Crippen LogP contribution < -0.4 is 5.73 Å². The molecule has 1 saturated heterocycles. The number of rotatable bonds is 1. The van der Waals surface area contributed by atoms with Crippen molar-refractivity contribution < 1.29 is 0 Å². The number of nitrogens with zero attached hydrogens (tertiary/aromatic N) is 1. The number of hydrogen-bond donors (Lipinski definition) is 1. The smallest absolute Gasteiger partial charge is 0.0167 e. The maximum atomic E-state index is 6.23. The van der Waals surface area contributed by atoms with Gasteiger partial charge in [-0.25, -0.2) is 0 Å². The molecule has 1 heterocycles. The van der Waals surface area contributed by atoms with Crippen LogP contribution in [0.4, 0.5) is 0 Å². The monoisotopic (exact) mass is 238 g/mol. The van der Waals surface area contributed by atoms with E-state index in [0.717, 1.165) is 12.6 Å². The number of nitrogens with two attached hydrogens (primary N) is 1. The summed E-state index contributed by atoms with van der Waals surface area (Å²) in [6.45, 7) is 2.46. The van der Waals surface area contributed by atoms with Crippen molar-refractivity contribution in [2.45, 2.75) is 82.7 Å². The molecule has 2 rings (SSSR count). The average Bonchev–Trinajstić information content (AvgIpc) is 2.23. The Morgan fingerprint density at radius 2 is 1.29 bits per heavy atom. The molecule has 2 nitrogen and oxygen atoms in total. The van der Waals surface area contributed by atoms with Gasteiger partial charge in [0.1, 0.15) is 0 Å². The van der Waals surface area contributed by atoms with E-state index < -0.39 is 0 Å². The minimum atomic E-state index is 0.431. The minimum Gasteiger partial charge on any atom is -0.327 e. The van der Waals surface area contributed by atoms with Crippen molar-refractivity contribution in [3.8, 4) is 0 Å². The van der Waals surface area contributed by atoms with Crippen molar-refractivity contribution in [2.24, 2.45) is 5.73 Å². The van der Waals surface area contributed by atoms with Gasteiger partial charge in [0.05, 0.1) is 0 Å². The Morgan fingerprint density at radius 1 is 0.706 bits per heavy atom. The van der Waals surface area contributed by atoms with Crippen LogP contribution >= 0.6 is 0 Å². The lowest BCUT2D eigenvalue weighted by Gasteiger charge is -2.36. The van der Waals surface area contributed by atoms with Crippen LogP contribution in [0.1, 0.15) is 70.6 Å². The summed E-state index contributed by atoms with van der Waals surface area (Å²) in [5.41, 5.74) is 6.23. The maximum absolute atomic E-state index is 6.23. The molecule has 0 amide bonds. The zero-order chi connectivity index (χ0) is 11.9. The Hall–Kier alpha value is -0.0800. The van der Waals surface area contributed by atoms with Gasteiger partial charge in [-0.1, -0.05) is 44.9 Å². The summed E-state index contributed by atoms with van der Waals surface area (Å²) < 4.78 is 0. The molecule has 1 saturated carbocycles. The van der Waals surface area contributed by atoms with E-state index in [1.165, 1.54) is 77.2 Å². The summed E-state index contributed by atoms with van der Waals surface area (Å²) in [7, 11) is 0. The van der Waals surface area contributed by atoms with Gasteiger partial charge in [0.15, 0.2) is 0 Å². The molecule has 1 aliphatic heterocycles. The fourth-order valence-corrected chi connectivity index (χ4v) is 3.51. The topological polar surface area (TPSA) is 29.3 Å². The Labute approximate surface area is 107 Å². The molecule has 1 atom stereocenters. The lowest BCUT2D eigenvalue weighted by molar-refractivity contribution is 0.143. The second-order valence-electron chi connectivity index (χ2n) is 6.10. The van der Waals surface area contributed by atoms with Crippen LogP contribution in [-0.2, 0) is 0 Å². The van der Waals surface area contributed by atoms with Gasteiger partial charge in [-0.05, 0) is 32.2 Å². The van der Waals surface area contributed by atoms with Gasteiger partial charge in [-0.2, -0.15) is 0 Å². The van der Waals surface area contributed by atoms with Crippen LogP contribution in [0.2, 0.25) is 0 Å². The summed E-state index contributed by atoms with van der Waals surface area (Å²) >= 11 is 0. The van der Waals surface area contributed by atoms with E-state index in [1.807, 2.05) is 0 Å². The lowest BCUT2D eigenvalue weighted by Crippen LogP contribution is -2.45. The molecule has 100 valence electrons. The normalized spacial score (nSPS) is 31.2. The minimum absolute atomic E-state index is 0.431. The highest BCUT2D eigenvalue weighted by Crippen LogP contribution is 2.23. The fraction of sp³-hybridized carbons (Fsp3) is 1.00. The molecule has 0 bridgehead atoms. The van der Waals surface area contributed by atoms with Gasteiger partial charge < -0.3 is 5.73 Å². The van der Waals surface area contributed by atoms with Crippen molar-refractivity contribution in [3.05, 3.63) is 0 Å². The zero-order valence-electron chi connectivity index (χ0n) is 11.4. The van der Waals surface area contributed by atoms with Crippen molar-refractivity contribution in [1.82, 2.24) is 4.90 Å². The van der Waals surface area contributed by atoms with E-state index >= 15 is 0 Å². The van der Waals surface area contributed by atoms with E-state index in [0.29, 0.717) is 6.04 Å². The SMILES string of the molecule is NC1CCCCCN(C2CCCCCCC2)C1. The fourth-order valence-electron chi connectivity index (χ4n) is 3.51. The van der Waals surface area contributed by atoms with Crippen LogP contribution in [-0.4, -0.2) is 30.1 Å². The number of likely N-dealkylation sites (tertiary alicyclic amines) is 1. The molecular weight excluding hydrogens is 208 g/mol. The van der Waals surface area contributed by atoms with Crippen molar-refractivity contribution in [1.29, 1.82) is 0 Å². The average molecular weight is 238 g/mol. The Kier molecular flexibility index (Phi) is 5.79. The molecule has 2 N–H and O–H groups in total. The van der Waals surface area contributed by atoms with E-state index in [2.05, 4.69) is 4.90 Å². The highest BCUT2D eigenvalue weighted by Gasteiger charge is 2.22. The van der Waals surface area contributed by atoms with Gasteiger partial charge >= 0.3 is 0 Å². The van der Waals surface area contributed by atoms with Crippen LogP contribution in [0.3, 0.4) is 0 Å².